The van der Waals surface area contributed by atoms with E-state index in [1.807, 2.05) is 32.0 Å². The number of benzene rings is 2. The average Bonchev–Trinajstić information content (AvgIpc) is 2.61. The average molecular weight is 391 g/mol. The molecule has 146 valence electrons. The van der Waals surface area contributed by atoms with Crippen LogP contribution in [0.2, 0.25) is 0 Å². The van der Waals surface area contributed by atoms with Crippen LogP contribution in [-0.2, 0) is 14.8 Å². The fourth-order valence-corrected chi connectivity index (χ4v) is 3.75. The van der Waals surface area contributed by atoms with Crippen LogP contribution in [0.4, 0.5) is 11.4 Å². The highest BCUT2D eigenvalue weighted by atomic mass is 32.2. The van der Waals surface area contributed by atoms with Gasteiger partial charge < -0.3 is 10.1 Å². The number of hydrogen-bond acceptors (Lipinski definition) is 4. The zero-order valence-electron chi connectivity index (χ0n) is 16.2. The lowest BCUT2D eigenvalue weighted by Gasteiger charge is -2.24. The summed E-state index contributed by atoms with van der Waals surface area (Å²) in [6, 6.07) is 12.7. The number of carbonyl (C=O) groups excluding carboxylic acids is 1. The first kappa shape index (κ1) is 20.8. The largest absolute Gasteiger partial charge is 0.495 e. The summed E-state index contributed by atoms with van der Waals surface area (Å²) in [4.78, 5) is 12.3. The molecule has 0 bridgehead atoms. The van der Waals surface area contributed by atoms with Crippen LogP contribution in [0.5, 0.6) is 5.75 Å². The Bertz CT molecular complexity index is 910. The van der Waals surface area contributed by atoms with Crippen molar-refractivity contribution in [1.82, 2.24) is 0 Å². The first-order chi connectivity index (χ1) is 12.7. The first-order valence-electron chi connectivity index (χ1n) is 8.71. The van der Waals surface area contributed by atoms with Gasteiger partial charge in [-0.3, -0.25) is 9.10 Å². The molecule has 2 aromatic rings. The third-order valence-corrected chi connectivity index (χ3v) is 5.58. The zero-order chi connectivity index (χ0) is 20.0. The number of hydrogen-bond donors (Lipinski definition) is 1. The van der Waals surface area contributed by atoms with Crippen molar-refractivity contribution in [2.45, 2.75) is 26.7 Å². The predicted molar refractivity (Wildman–Crippen MR) is 109 cm³/mol. The Hall–Kier alpha value is -2.54. The monoisotopic (exact) mass is 390 g/mol. The lowest BCUT2D eigenvalue weighted by Crippen LogP contribution is -2.31. The highest BCUT2D eigenvalue weighted by molar-refractivity contribution is 7.92. The molecule has 0 aliphatic heterocycles. The summed E-state index contributed by atoms with van der Waals surface area (Å²) in [5.41, 5.74) is 3.38. The number of amides is 1. The quantitative estimate of drug-likeness (QED) is 0.749. The second-order valence-corrected chi connectivity index (χ2v) is 8.31. The van der Waals surface area contributed by atoms with E-state index in [0.717, 1.165) is 23.1 Å². The van der Waals surface area contributed by atoms with E-state index in [2.05, 4.69) is 5.32 Å². The fraction of sp³-hybridized carbons (Fsp3) is 0.350. The van der Waals surface area contributed by atoms with Crippen LogP contribution in [0, 0.1) is 13.8 Å². The van der Waals surface area contributed by atoms with Crippen molar-refractivity contribution in [3.8, 4) is 5.75 Å². The first-order valence-corrected chi connectivity index (χ1v) is 10.6. The van der Waals surface area contributed by atoms with Crippen LogP contribution in [0.1, 0.15) is 24.0 Å². The number of aryl methyl sites for hydroxylation is 1. The molecular formula is C20H26N2O4S. The molecule has 1 amide bonds. The summed E-state index contributed by atoms with van der Waals surface area (Å²) in [6.45, 7) is 4.14. The molecule has 0 atom stereocenters. The van der Waals surface area contributed by atoms with E-state index in [4.69, 9.17) is 4.74 Å². The standard InChI is InChI=1S/C20H26N2O4S/c1-15-9-7-10-17(16(15)2)21-20(23)13-8-14-22(27(4,24)25)18-11-5-6-12-19(18)26-3/h5-7,9-12H,8,13-14H2,1-4H3,(H,21,23). The summed E-state index contributed by atoms with van der Waals surface area (Å²) in [6.07, 6.45) is 1.76. The number of carbonyl (C=O) groups is 1. The van der Waals surface area contributed by atoms with Crippen LogP contribution >= 0.6 is 0 Å². The van der Waals surface area contributed by atoms with Gasteiger partial charge in [0, 0.05) is 18.7 Å². The van der Waals surface area contributed by atoms with Crippen LogP contribution in [-0.4, -0.2) is 34.2 Å². The zero-order valence-corrected chi connectivity index (χ0v) is 17.0. The Kier molecular flexibility index (Phi) is 6.85. The number of methoxy groups -OCH3 is 1. The molecule has 0 aromatic heterocycles. The van der Waals surface area contributed by atoms with Gasteiger partial charge in [0.05, 0.1) is 19.1 Å². The summed E-state index contributed by atoms with van der Waals surface area (Å²) in [5, 5.41) is 2.89. The molecule has 0 aliphatic rings. The maximum absolute atomic E-state index is 12.3. The number of sulfonamides is 1. The van der Waals surface area contributed by atoms with Crippen molar-refractivity contribution in [2.75, 3.05) is 29.5 Å². The summed E-state index contributed by atoms with van der Waals surface area (Å²) in [5.74, 6) is 0.333. The number of ether oxygens (including phenoxy) is 1. The van der Waals surface area contributed by atoms with Gasteiger partial charge in [0.2, 0.25) is 15.9 Å². The van der Waals surface area contributed by atoms with Gasteiger partial charge in [-0.1, -0.05) is 24.3 Å². The van der Waals surface area contributed by atoms with Crippen molar-refractivity contribution in [3.05, 3.63) is 53.6 Å². The van der Waals surface area contributed by atoms with Crippen molar-refractivity contribution < 1.29 is 17.9 Å². The lowest BCUT2D eigenvalue weighted by atomic mass is 10.1. The van der Waals surface area contributed by atoms with Crippen LogP contribution < -0.4 is 14.4 Å². The Morgan fingerprint density at radius 2 is 1.81 bits per heavy atom. The third-order valence-electron chi connectivity index (χ3n) is 4.40. The minimum Gasteiger partial charge on any atom is -0.495 e. The van der Waals surface area contributed by atoms with E-state index in [1.165, 1.54) is 11.4 Å². The van der Waals surface area contributed by atoms with Crippen LogP contribution in [0.25, 0.3) is 0 Å². The van der Waals surface area contributed by atoms with Gasteiger partial charge in [-0.2, -0.15) is 0 Å². The van der Waals surface area contributed by atoms with E-state index in [9.17, 15) is 13.2 Å². The van der Waals surface area contributed by atoms with Gasteiger partial charge in [0.25, 0.3) is 0 Å². The number of para-hydroxylation sites is 2. The number of rotatable bonds is 8. The Morgan fingerprint density at radius 1 is 1.11 bits per heavy atom. The summed E-state index contributed by atoms with van der Waals surface area (Å²) in [7, 11) is -2.00. The lowest BCUT2D eigenvalue weighted by molar-refractivity contribution is -0.116. The molecule has 0 fully saturated rings. The summed E-state index contributed by atoms with van der Waals surface area (Å²) >= 11 is 0. The molecule has 0 unspecified atom stereocenters. The molecule has 0 radical (unpaired) electrons. The van der Waals surface area contributed by atoms with E-state index in [1.54, 1.807) is 24.3 Å². The number of nitrogens with one attached hydrogen (secondary N) is 1. The predicted octanol–water partition coefficient (Wildman–Crippen LogP) is 3.50. The second-order valence-electron chi connectivity index (χ2n) is 6.41. The topological polar surface area (TPSA) is 75.7 Å². The summed E-state index contributed by atoms with van der Waals surface area (Å²) < 4.78 is 31.0. The van der Waals surface area contributed by atoms with Gasteiger partial charge in [-0.15, -0.1) is 0 Å². The van der Waals surface area contributed by atoms with Gasteiger partial charge in [-0.25, -0.2) is 8.42 Å². The van der Waals surface area contributed by atoms with E-state index in [0.29, 0.717) is 17.9 Å². The van der Waals surface area contributed by atoms with Crippen molar-refractivity contribution in [2.24, 2.45) is 0 Å². The van der Waals surface area contributed by atoms with Crippen molar-refractivity contribution in [3.63, 3.8) is 0 Å². The number of anilines is 2. The second kappa shape index (κ2) is 8.90. The fourth-order valence-electron chi connectivity index (χ4n) is 2.78. The van der Waals surface area contributed by atoms with Gasteiger partial charge in [-0.05, 0) is 49.6 Å². The molecule has 2 rings (SSSR count). The molecule has 27 heavy (non-hydrogen) atoms. The maximum atomic E-state index is 12.3. The minimum absolute atomic E-state index is 0.142. The molecule has 1 N–H and O–H groups in total. The van der Waals surface area contributed by atoms with Crippen molar-refractivity contribution >= 4 is 27.3 Å². The molecule has 2 aromatic carbocycles. The molecule has 0 heterocycles. The van der Waals surface area contributed by atoms with Crippen LogP contribution in [0.3, 0.4) is 0 Å². The van der Waals surface area contributed by atoms with Gasteiger partial charge in [0.15, 0.2) is 0 Å². The molecule has 6 nitrogen and oxygen atoms in total. The SMILES string of the molecule is COc1ccccc1N(CCCC(=O)Nc1cccc(C)c1C)S(C)(=O)=O. The third kappa shape index (κ3) is 5.47. The highest BCUT2D eigenvalue weighted by Gasteiger charge is 2.20. The minimum atomic E-state index is -3.50. The molecule has 0 spiro atoms. The Morgan fingerprint density at radius 3 is 2.48 bits per heavy atom. The molecule has 7 heteroatoms. The molecule has 0 aliphatic carbocycles. The normalized spacial score (nSPS) is 11.1. The van der Waals surface area contributed by atoms with Gasteiger partial charge in [0.1, 0.15) is 5.75 Å². The highest BCUT2D eigenvalue weighted by Crippen LogP contribution is 2.29. The van der Waals surface area contributed by atoms with E-state index >= 15 is 0 Å². The molecular weight excluding hydrogens is 364 g/mol. The van der Waals surface area contributed by atoms with E-state index < -0.39 is 10.0 Å². The Balaban J connectivity index is 2.04. The maximum Gasteiger partial charge on any atom is 0.232 e. The molecule has 0 saturated heterocycles. The smallest absolute Gasteiger partial charge is 0.232 e. The van der Waals surface area contributed by atoms with Crippen molar-refractivity contribution in [1.29, 1.82) is 0 Å². The molecule has 0 saturated carbocycles. The van der Waals surface area contributed by atoms with E-state index in [-0.39, 0.29) is 18.9 Å². The van der Waals surface area contributed by atoms with Crippen LogP contribution in [0.15, 0.2) is 42.5 Å². The van der Waals surface area contributed by atoms with Gasteiger partial charge >= 0.3 is 0 Å². The number of nitrogens with zero attached hydrogens (tertiary/aromatic N) is 1. The Labute approximate surface area is 161 Å².